The Morgan fingerprint density at radius 2 is 1.88 bits per heavy atom. The van der Waals surface area contributed by atoms with Crippen LogP contribution in [0.1, 0.15) is 21.8 Å². The van der Waals surface area contributed by atoms with Gasteiger partial charge in [-0.05, 0) is 35.9 Å². The van der Waals surface area contributed by atoms with Crippen LogP contribution in [-0.2, 0) is 6.42 Å². The van der Waals surface area contributed by atoms with Crippen LogP contribution < -0.4 is 5.32 Å². The number of rotatable bonds is 5. The number of hydrogen-bond donors (Lipinski definition) is 1. The number of pyridine rings is 1. The van der Waals surface area contributed by atoms with Crippen LogP contribution in [0.15, 0.2) is 76.1 Å². The van der Waals surface area contributed by atoms with Crippen molar-refractivity contribution in [1.82, 2.24) is 15.1 Å². The van der Waals surface area contributed by atoms with Crippen LogP contribution in [0.3, 0.4) is 0 Å². The number of anilines is 1. The average Bonchev–Trinajstić information content (AvgIpc) is 3.36. The van der Waals surface area contributed by atoms with E-state index in [1.165, 1.54) is 0 Å². The number of carbonyl (C=O) groups excluding carboxylic acids is 1. The Labute approximate surface area is 148 Å². The van der Waals surface area contributed by atoms with Crippen LogP contribution in [0, 0.1) is 0 Å². The van der Waals surface area contributed by atoms with Gasteiger partial charge in [-0.3, -0.25) is 9.78 Å². The SMILES string of the molecule is O=C(Nc1ccccc1Cc1nc(-c2ccco2)no1)c1ccncc1. The summed E-state index contributed by atoms with van der Waals surface area (Å²) in [6.07, 6.45) is 5.10. The van der Waals surface area contributed by atoms with Crippen molar-refractivity contribution in [2.45, 2.75) is 6.42 Å². The summed E-state index contributed by atoms with van der Waals surface area (Å²) in [5.41, 5.74) is 2.09. The van der Waals surface area contributed by atoms with Crippen LogP contribution in [-0.4, -0.2) is 21.0 Å². The minimum atomic E-state index is -0.207. The third kappa shape index (κ3) is 3.36. The number of carbonyl (C=O) groups is 1. The summed E-state index contributed by atoms with van der Waals surface area (Å²) >= 11 is 0. The Balaban J connectivity index is 1.54. The zero-order valence-electron chi connectivity index (χ0n) is 13.6. The summed E-state index contributed by atoms with van der Waals surface area (Å²) < 4.78 is 10.6. The molecule has 1 amide bonds. The lowest BCUT2D eigenvalue weighted by atomic mass is 10.1. The van der Waals surface area contributed by atoms with E-state index in [4.69, 9.17) is 8.94 Å². The monoisotopic (exact) mass is 346 g/mol. The van der Waals surface area contributed by atoms with Crippen LogP contribution >= 0.6 is 0 Å². The summed E-state index contributed by atoms with van der Waals surface area (Å²) in [6, 6.07) is 14.3. The molecule has 7 heteroatoms. The van der Waals surface area contributed by atoms with Gasteiger partial charge in [0, 0.05) is 23.6 Å². The van der Waals surface area contributed by atoms with Crippen molar-refractivity contribution in [3.05, 3.63) is 84.2 Å². The van der Waals surface area contributed by atoms with Gasteiger partial charge in [-0.2, -0.15) is 4.98 Å². The smallest absolute Gasteiger partial charge is 0.255 e. The highest BCUT2D eigenvalue weighted by Gasteiger charge is 2.14. The number of amides is 1. The Kier molecular flexibility index (Phi) is 4.26. The molecule has 4 rings (SSSR count). The average molecular weight is 346 g/mol. The Morgan fingerprint density at radius 1 is 1.04 bits per heavy atom. The topological polar surface area (TPSA) is 94.1 Å². The second-order valence-corrected chi connectivity index (χ2v) is 5.51. The zero-order valence-corrected chi connectivity index (χ0v) is 13.6. The van der Waals surface area contributed by atoms with Crippen molar-refractivity contribution in [1.29, 1.82) is 0 Å². The quantitative estimate of drug-likeness (QED) is 0.594. The summed E-state index contributed by atoms with van der Waals surface area (Å²) in [7, 11) is 0. The van der Waals surface area contributed by atoms with Gasteiger partial charge < -0.3 is 14.3 Å². The summed E-state index contributed by atoms with van der Waals surface area (Å²) in [6.45, 7) is 0. The molecule has 7 nitrogen and oxygen atoms in total. The first-order valence-electron chi connectivity index (χ1n) is 7.95. The highest BCUT2D eigenvalue weighted by Crippen LogP contribution is 2.21. The van der Waals surface area contributed by atoms with E-state index in [9.17, 15) is 4.79 Å². The van der Waals surface area contributed by atoms with Crippen molar-refractivity contribution in [2.75, 3.05) is 5.32 Å². The molecular weight excluding hydrogens is 332 g/mol. The van der Waals surface area contributed by atoms with Crippen LogP contribution in [0.5, 0.6) is 0 Å². The van der Waals surface area contributed by atoms with E-state index in [2.05, 4.69) is 20.4 Å². The number of nitrogens with zero attached hydrogens (tertiary/aromatic N) is 3. The lowest BCUT2D eigenvalue weighted by Gasteiger charge is -2.09. The van der Waals surface area contributed by atoms with Gasteiger partial charge in [0.1, 0.15) is 0 Å². The number of benzene rings is 1. The molecule has 0 bridgehead atoms. The maximum absolute atomic E-state index is 12.4. The van der Waals surface area contributed by atoms with Gasteiger partial charge in [0.25, 0.3) is 5.91 Å². The molecule has 0 aliphatic heterocycles. The van der Waals surface area contributed by atoms with Crippen LogP contribution in [0.2, 0.25) is 0 Å². The maximum atomic E-state index is 12.4. The predicted molar refractivity (Wildman–Crippen MR) is 93.4 cm³/mol. The molecule has 3 heterocycles. The van der Waals surface area contributed by atoms with Crippen LogP contribution in [0.4, 0.5) is 5.69 Å². The van der Waals surface area contributed by atoms with Gasteiger partial charge >= 0.3 is 0 Å². The third-order valence-electron chi connectivity index (χ3n) is 3.76. The summed E-state index contributed by atoms with van der Waals surface area (Å²) in [5.74, 6) is 1.16. The van der Waals surface area contributed by atoms with E-state index in [0.717, 1.165) is 5.56 Å². The molecule has 0 unspecified atom stereocenters. The minimum Gasteiger partial charge on any atom is -0.461 e. The fraction of sp³-hybridized carbons (Fsp3) is 0.0526. The molecule has 4 aromatic rings. The molecule has 26 heavy (non-hydrogen) atoms. The molecule has 0 aliphatic carbocycles. The zero-order chi connectivity index (χ0) is 17.8. The molecule has 0 aliphatic rings. The van der Waals surface area contributed by atoms with Crippen molar-refractivity contribution in [3.8, 4) is 11.6 Å². The molecule has 0 saturated heterocycles. The second kappa shape index (κ2) is 7.02. The first-order valence-corrected chi connectivity index (χ1v) is 7.95. The minimum absolute atomic E-state index is 0.207. The number of para-hydroxylation sites is 1. The highest BCUT2D eigenvalue weighted by atomic mass is 16.5. The van der Waals surface area contributed by atoms with Gasteiger partial charge in [-0.25, -0.2) is 0 Å². The predicted octanol–water partition coefficient (Wildman–Crippen LogP) is 3.57. The van der Waals surface area contributed by atoms with Crippen molar-refractivity contribution in [2.24, 2.45) is 0 Å². The fourth-order valence-electron chi connectivity index (χ4n) is 2.49. The molecule has 1 aromatic carbocycles. The number of nitrogens with one attached hydrogen (secondary N) is 1. The van der Waals surface area contributed by atoms with Gasteiger partial charge in [0.05, 0.1) is 12.7 Å². The van der Waals surface area contributed by atoms with Crippen molar-refractivity contribution in [3.63, 3.8) is 0 Å². The molecule has 0 spiro atoms. The van der Waals surface area contributed by atoms with Gasteiger partial charge in [0.2, 0.25) is 11.7 Å². The molecule has 0 saturated carbocycles. The lowest BCUT2D eigenvalue weighted by molar-refractivity contribution is 0.102. The third-order valence-corrected chi connectivity index (χ3v) is 3.76. The van der Waals surface area contributed by atoms with Gasteiger partial charge in [0.15, 0.2) is 5.76 Å². The van der Waals surface area contributed by atoms with Crippen molar-refractivity contribution >= 4 is 11.6 Å². The molecule has 3 aromatic heterocycles. The summed E-state index contributed by atoms with van der Waals surface area (Å²) in [4.78, 5) is 20.6. The van der Waals surface area contributed by atoms with E-state index in [1.807, 2.05) is 24.3 Å². The Bertz CT molecular complexity index is 1010. The highest BCUT2D eigenvalue weighted by molar-refractivity contribution is 6.04. The molecule has 1 N–H and O–H groups in total. The standard InChI is InChI=1S/C19H14N4O3/c24-19(13-7-9-20-10-8-13)21-15-5-2-1-4-14(15)12-17-22-18(23-26-17)16-6-3-11-25-16/h1-11H,12H2,(H,21,24). The van der Waals surface area contributed by atoms with E-state index in [-0.39, 0.29) is 5.91 Å². The normalized spacial score (nSPS) is 10.6. The Hall–Kier alpha value is -3.74. The summed E-state index contributed by atoms with van der Waals surface area (Å²) in [5, 5.41) is 6.83. The molecular formula is C19H14N4O3. The first kappa shape index (κ1) is 15.8. The van der Waals surface area contributed by atoms with E-state index < -0.39 is 0 Å². The Morgan fingerprint density at radius 3 is 2.69 bits per heavy atom. The van der Waals surface area contributed by atoms with E-state index in [1.54, 1.807) is 42.9 Å². The molecule has 0 atom stereocenters. The van der Waals surface area contributed by atoms with Crippen LogP contribution in [0.25, 0.3) is 11.6 Å². The second-order valence-electron chi connectivity index (χ2n) is 5.51. The number of hydrogen-bond acceptors (Lipinski definition) is 6. The number of furan rings is 1. The largest absolute Gasteiger partial charge is 0.461 e. The maximum Gasteiger partial charge on any atom is 0.255 e. The van der Waals surface area contributed by atoms with E-state index in [0.29, 0.717) is 35.1 Å². The lowest BCUT2D eigenvalue weighted by Crippen LogP contribution is -2.13. The molecule has 0 radical (unpaired) electrons. The van der Waals surface area contributed by atoms with Gasteiger partial charge in [-0.15, -0.1) is 0 Å². The van der Waals surface area contributed by atoms with Crippen molar-refractivity contribution < 1.29 is 13.7 Å². The fourth-order valence-corrected chi connectivity index (χ4v) is 2.49. The molecule has 128 valence electrons. The molecule has 0 fully saturated rings. The van der Waals surface area contributed by atoms with E-state index >= 15 is 0 Å². The first-order chi connectivity index (χ1) is 12.8. The number of aromatic nitrogens is 3. The van der Waals surface area contributed by atoms with Gasteiger partial charge in [-0.1, -0.05) is 23.4 Å².